The molecule has 4 bridgehead atoms. The second-order valence-electron chi connectivity index (χ2n) is 12.5. The Morgan fingerprint density at radius 2 is 1.93 bits per heavy atom. The van der Waals surface area contributed by atoms with Crippen molar-refractivity contribution in [3.05, 3.63) is 48.2 Å². The monoisotopic (exact) mass is 615 g/mol. The molecular weight excluding hydrogens is 574 g/mol. The zero-order chi connectivity index (χ0) is 30.1. The zero-order valence-corrected chi connectivity index (χ0v) is 26.6. The molecule has 0 radical (unpaired) electrons. The lowest BCUT2D eigenvalue weighted by Gasteiger charge is -2.34. The van der Waals surface area contributed by atoms with E-state index in [4.69, 9.17) is 9.72 Å². The molecule has 228 valence electrons. The molecule has 0 spiro atoms. The predicted molar refractivity (Wildman–Crippen MR) is 168 cm³/mol. The van der Waals surface area contributed by atoms with E-state index >= 15 is 0 Å². The van der Waals surface area contributed by atoms with Crippen LogP contribution in [0, 0.1) is 5.92 Å². The number of aromatic nitrogens is 4. The topological polar surface area (TPSA) is 131 Å². The highest BCUT2D eigenvalue weighted by molar-refractivity contribution is 8.32. The van der Waals surface area contributed by atoms with Crippen molar-refractivity contribution in [2.75, 3.05) is 54.4 Å². The van der Waals surface area contributed by atoms with Gasteiger partial charge in [-0.15, -0.1) is 5.10 Å². The first-order valence-electron chi connectivity index (χ1n) is 14.2. The lowest BCUT2D eigenvalue weighted by atomic mass is 9.93. The molecule has 0 aliphatic carbocycles. The molecule has 1 fully saturated rings. The molecule has 5 rings (SSSR count). The Morgan fingerprint density at radius 1 is 1.12 bits per heavy atom. The van der Waals surface area contributed by atoms with Crippen LogP contribution < -0.4 is 19.7 Å². The molecule has 1 saturated heterocycles. The molecule has 0 aromatic carbocycles. The van der Waals surface area contributed by atoms with Gasteiger partial charge in [0.1, 0.15) is 11.6 Å². The number of nitrogens with zero attached hydrogens (tertiary/aromatic N) is 5. The number of ether oxygens (including phenoxy) is 1. The number of hydrogen-bond acceptors (Lipinski definition) is 9. The van der Waals surface area contributed by atoms with Gasteiger partial charge >= 0.3 is 0 Å². The first-order chi connectivity index (χ1) is 19.8. The normalized spacial score (nSPS) is 20.5. The van der Waals surface area contributed by atoms with Crippen molar-refractivity contribution in [1.82, 2.24) is 24.5 Å². The average Bonchev–Trinajstić information content (AvgIpc) is 3.51. The van der Waals surface area contributed by atoms with Gasteiger partial charge in [-0.05, 0) is 94.2 Å². The fourth-order valence-corrected chi connectivity index (χ4v) is 7.50. The van der Waals surface area contributed by atoms with Crippen LogP contribution in [0.3, 0.4) is 0 Å². The first-order valence-corrected chi connectivity index (χ1v) is 18.7. The van der Waals surface area contributed by atoms with Crippen molar-refractivity contribution >= 4 is 37.6 Å². The summed E-state index contributed by atoms with van der Waals surface area (Å²) in [5, 5.41) is 7.55. The molecule has 2 aliphatic heterocycles. The van der Waals surface area contributed by atoms with Crippen LogP contribution >= 0.6 is 10.0 Å². The van der Waals surface area contributed by atoms with Gasteiger partial charge in [-0.1, -0.05) is 6.07 Å². The van der Waals surface area contributed by atoms with Gasteiger partial charge in [0.2, 0.25) is 5.88 Å². The smallest absolute Gasteiger partial charge is 0.281 e. The van der Waals surface area contributed by atoms with E-state index in [2.05, 4.69) is 57.6 Å². The van der Waals surface area contributed by atoms with Gasteiger partial charge in [-0.25, -0.2) is 29.4 Å². The average molecular weight is 616 g/mol. The summed E-state index contributed by atoms with van der Waals surface area (Å²) in [6, 6.07) is 9.78. The third-order valence-corrected chi connectivity index (χ3v) is 10.3. The molecule has 0 unspecified atom stereocenters. The van der Waals surface area contributed by atoms with Gasteiger partial charge in [-0.2, -0.15) is 8.42 Å². The number of fused-ring (bicyclic) bond motifs is 6. The minimum atomic E-state index is -4.22. The first kappa shape index (κ1) is 30.1. The molecule has 5 heterocycles. The van der Waals surface area contributed by atoms with Crippen LogP contribution in [-0.2, 0) is 10.0 Å². The maximum Gasteiger partial charge on any atom is 0.281 e. The predicted octanol–water partition coefficient (Wildman–Crippen LogP) is 4.05. The maximum absolute atomic E-state index is 13.6. The van der Waals surface area contributed by atoms with Gasteiger partial charge in [0, 0.05) is 30.9 Å². The summed E-state index contributed by atoms with van der Waals surface area (Å²) >= 11 is 0. The summed E-state index contributed by atoms with van der Waals surface area (Å²) in [6.07, 6.45) is 12.4. The number of amides is 1. The number of rotatable bonds is 6. The number of anilines is 2. The van der Waals surface area contributed by atoms with E-state index in [0.29, 0.717) is 48.9 Å². The van der Waals surface area contributed by atoms with Crippen LogP contribution in [0.5, 0.6) is 5.88 Å². The SMILES string of the molecule is CC1(C)C[C@@H]2CCCNc3cccc(n3)S(=O)(=O)NC(=O)c3ccc(-n4ccc(OCCCS(C)(C)C)n4)nc3N1C2. The van der Waals surface area contributed by atoms with Gasteiger partial charge in [0.25, 0.3) is 15.9 Å². The maximum atomic E-state index is 13.6. The molecule has 1 atom stereocenters. The van der Waals surface area contributed by atoms with Crippen molar-refractivity contribution in [2.45, 2.75) is 50.1 Å². The quantitative estimate of drug-likeness (QED) is 0.394. The Balaban J connectivity index is 1.48. The highest BCUT2D eigenvalue weighted by atomic mass is 32.3. The number of hydrogen-bond donors (Lipinski definition) is 2. The van der Waals surface area contributed by atoms with Crippen LogP contribution in [0.15, 0.2) is 47.6 Å². The molecule has 2 N–H and O–H groups in total. The van der Waals surface area contributed by atoms with Crippen molar-refractivity contribution in [3.63, 3.8) is 0 Å². The van der Waals surface area contributed by atoms with E-state index in [9.17, 15) is 13.2 Å². The summed E-state index contributed by atoms with van der Waals surface area (Å²) in [7, 11) is -4.80. The van der Waals surface area contributed by atoms with E-state index in [0.717, 1.165) is 31.4 Å². The number of sulfonamides is 1. The Morgan fingerprint density at radius 3 is 2.71 bits per heavy atom. The van der Waals surface area contributed by atoms with Crippen LogP contribution in [0.4, 0.5) is 11.6 Å². The Hall–Kier alpha value is -3.32. The van der Waals surface area contributed by atoms with E-state index in [-0.39, 0.29) is 16.1 Å². The molecule has 42 heavy (non-hydrogen) atoms. The van der Waals surface area contributed by atoms with Crippen molar-refractivity contribution < 1.29 is 17.9 Å². The summed E-state index contributed by atoms with van der Waals surface area (Å²) < 4.78 is 36.1. The molecular formula is C29H41N7O4S2. The second-order valence-corrected chi connectivity index (χ2v) is 18.7. The van der Waals surface area contributed by atoms with E-state index in [1.54, 1.807) is 41.2 Å². The fourth-order valence-electron chi connectivity index (χ4n) is 5.58. The molecule has 1 amide bonds. The lowest BCUT2D eigenvalue weighted by Crippen LogP contribution is -2.41. The second kappa shape index (κ2) is 11.8. The Kier molecular flexibility index (Phi) is 8.44. The lowest BCUT2D eigenvalue weighted by molar-refractivity contribution is 0.0981. The third-order valence-electron chi connectivity index (χ3n) is 7.59. The highest BCUT2D eigenvalue weighted by Crippen LogP contribution is 2.40. The van der Waals surface area contributed by atoms with Crippen molar-refractivity contribution in [2.24, 2.45) is 5.92 Å². The number of carbonyl (C=O) groups excluding carboxylic acids is 1. The molecule has 13 heteroatoms. The summed E-state index contributed by atoms with van der Waals surface area (Å²) in [4.78, 5) is 24.8. The number of pyridine rings is 2. The van der Waals surface area contributed by atoms with Crippen molar-refractivity contribution in [3.8, 4) is 11.7 Å². The van der Waals surface area contributed by atoms with Crippen LogP contribution in [0.2, 0.25) is 0 Å². The summed E-state index contributed by atoms with van der Waals surface area (Å²) in [6.45, 7) is 6.22. The van der Waals surface area contributed by atoms with E-state index in [1.807, 2.05) is 0 Å². The Labute approximate surface area is 249 Å². The summed E-state index contributed by atoms with van der Waals surface area (Å²) in [5.41, 5.74) is -0.123. The largest absolute Gasteiger partial charge is 0.477 e. The van der Waals surface area contributed by atoms with Crippen LogP contribution in [-0.4, -0.2) is 83.8 Å². The van der Waals surface area contributed by atoms with Gasteiger partial charge in [-0.3, -0.25) is 4.79 Å². The fraction of sp³-hybridized carbons (Fsp3) is 0.517. The molecule has 11 nitrogen and oxygen atoms in total. The zero-order valence-electron chi connectivity index (χ0n) is 25.0. The number of carbonyl (C=O) groups is 1. The molecule has 2 aliphatic rings. The minimum Gasteiger partial charge on any atom is -0.477 e. The van der Waals surface area contributed by atoms with E-state index < -0.39 is 26.0 Å². The summed E-state index contributed by atoms with van der Waals surface area (Å²) in [5.74, 6) is 2.65. The van der Waals surface area contributed by atoms with Gasteiger partial charge in [0.15, 0.2) is 10.8 Å². The highest BCUT2D eigenvalue weighted by Gasteiger charge is 2.41. The third kappa shape index (κ3) is 7.00. The molecule has 0 saturated carbocycles. The standard InChI is InChI=1S/C29H41N7O4S2/c1-29(2)19-21-9-7-15-30-23-10-6-11-26(31-23)42(38,39)34-28(37)22-12-13-24(32-27(22)35(29)20-21)36-16-14-25(33-36)40-17-8-18-41(3,4)5/h6,10-14,16,21H,7-9,15,17-20H2,1-5H3,(H,30,31)(H,34,37)/t21-/m0/s1. The molecule has 3 aromatic rings. The number of nitrogens with one attached hydrogen (secondary N) is 2. The van der Waals surface area contributed by atoms with Crippen LogP contribution in [0.25, 0.3) is 5.82 Å². The minimum absolute atomic E-state index is 0.175. The van der Waals surface area contributed by atoms with Crippen molar-refractivity contribution in [1.29, 1.82) is 0 Å². The van der Waals surface area contributed by atoms with Gasteiger partial charge in [0.05, 0.1) is 12.2 Å². The van der Waals surface area contributed by atoms with E-state index in [1.165, 1.54) is 6.07 Å². The molecule has 3 aromatic heterocycles. The van der Waals surface area contributed by atoms with Gasteiger partial charge < -0.3 is 15.0 Å². The Bertz CT molecular complexity index is 1550. The van der Waals surface area contributed by atoms with Crippen LogP contribution in [0.1, 0.15) is 49.9 Å².